The lowest BCUT2D eigenvalue weighted by Crippen LogP contribution is -2.35. The van der Waals surface area contributed by atoms with Crippen LogP contribution in [0.5, 0.6) is 23.0 Å². The number of amides is 1. The predicted octanol–water partition coefficient (Wildman–Crippen LogP) is 4.83. The van der Waals surface area contributed by atoms with Gasteiger partial charge in [0.25, 0.3) is 5.91 Å². The Hall–Kier alpha value is -4.09. The highest BCUT2D eigenvalue weighted by molar-refractivity contribution is 6.03. The molecule has 2 heterocycles. The fourth-order valence-electron chi connectivity index (χ4n) is 4.08. The van der Waals surface area contributed by atoms with Crippen LogP contribution in [0.3, 0.4) is 0 Å². The first-order valence-corrected chi connectivity index (χ1v) is 10.9. The average Bonchev–Trinajstić information content (AvgIpc) is 3.31. The highest BCUT2D eigenvalue weighted by Crippen LogP contribution is 2.44. The Bertz CT molecular complexity index is 1260. The molecule has 0 spiro atoms. The number of rotatable bonds is 7. The lowest BCUT2D eigenvalue weighted by Gasteiger charge is -2.33. The van der Waals surface area contributed by atoms with Crippen molar-refractivity contribution in [3.8, 4) is 23.0 Å². The van der Waals surface area contributed by atoms with Gasteiger partial charge in [-0.2, -0.15) is 18.3 Å². The van der Waals surface area contributed by atoms with E-state index in [9.17, 15) is 18.0 Å². The van der Waals surface area contributed by atoms with Gasteiger partial charge in [-0.3, -0.25) is 4.79 Å². The van der Waals surface area contributed by atoms with E-state index in [4.69, 9.17) is 18.9 Å². The molecule has 4 rings (SSSR count). The van der Waals surface area contributed by atoms with E-state index in [0.29, 0.717) is 34.2 Å². The number of hydrogen-bond donors (Lipinski definition) is 2. The molecular formula is C24H25F3N4O5. The first-order chi connectivity index (χ1) is 17.2. The zero-order valence-corrected chi connectivity index (χ0v) is 20.0. The molecule has 2 N–H and O–H groups in total. The number of nitrogens with zero attached hydrogens (tertiary/aromatic N) is 2. The number of carbonyl (C=O) groups is 1. The molecule has 0 fully saturated rings. The summed E-state index contributed by atoms with van der Waals surface area (Å²) in [6, 6.07) is 8.30. The Morgan fingerprint density at radius 1 is 0.944 bits per heavy atom. The second-order valence-corrected chi connectivity index (χ2v) is 7.99. The zero-order valence-electron chi connectivity index (χ0n) is 20.0. The number of fused-ring (bicyclic) bond motifs is 1. The summed E-state index contributed by atoms with van der Waals surface area (Å²) in [5.41, 5.74) is 0.771. The van der Waals surface area contributed by atoms with Crippen molar-refractivity contribution in [2.24, 2.45) is 0 Å². The van der Waals surface area contributed by atoms with Gasteiger partial charge in [0.05, 0.1) is 34.5 Å². The number of aromatic nitrogens is 2. The molecule has 1 amide bonds. The standard InChI is InChI=1S/C24H25F3N4O5/c1-33-17-7-5-13(9-19(17)35-3)15-11-21(24(25,26)27)31-22(29-15)12-16(30-31)23(32)28-14-6-8-18(34-2)20(10-14)36-4/h5-10,12,15,21,29H,11H2,1-4H3,(H,28,32)/t15-,21-/m0/s1. The Labute approximate surface area is 205 Å². The Morgan fingerprint density at radius 3 is 2.17 bits per heavy atom. The summed E-state index contributed by atoms with van der Waals surface area (Å²) < 4.78 is 63.8. The smallest absolute Gasteiger partial charge is 0.410 e. The first-order valence-electron chi connectivity index (χ1n) is 10.9. The second-order valence-electron chi connectivity index (χ2n) is 7.99. The van der Waals surface area contributed by atoms with E-state index in [2.05, 4.69) is 15.7 Å². The predicted molar refractivity (Wildman–Crippen MR) is 125 cm³/mol. The van der Waals surface area contributed by atoms with Gasteiger partial charge in [-0.25, -0.2) is 4.68 Å². The van der Waals surface area contributed by atoms with Crippen LogP contribution in [-0.4, -0.2) is 50.3 Å². The van der Waals surface area contributed by atoms with Crippen molar-refractivity contribution >= 4 is 17.4 Å². The summed E-state index contributed by atoms with van der Waals surface area (Å²) in [6.45, 7) is 0. The largest absolute Gasteiger partial charge is 0.493 e. The van der Waals surface area contributed by atoms with Crippen LogP contribution in [-0.2, 0) is 0 Å². The third kappa shape index (κ3) is 4.83. The molecule has 2 aromatic carbocycles. The van der Waals surface area contributed by atoms with Crippen LogP contribution in [0, 0.1) is 0 Å². The van der Waals surface area contributed by atoms with Crippen LogP contribution >= 0.6 is 0 Å². The molecule has 1 aliphatic rings. The number of carbonyl (C=O) groups excluding carboxylic acids is 1. The molecule has 192 valence electrons. The van der Waals surface area contributed by atoms with Gasteiger partial charge >= 0.3 is 6.18 Å². The number of hydrogen-bond acceptors (Lipinski definition) is 7. The van der Waals surface area contributed by atoms with Gasteiger partial charge in [-0.1, -0.05) is 6.07 Å². The Kier molecular flexibility index (Phi) is 6.86. The van der Waals surface area contributed by atoms with Crippen LogP contribution in [0.25, 0.3) is 0 Å². The normalized spacial score (nSPS) is 17.0. The van der Waals surface area contributed by atoms with Gasteiger partial charge in [0, 0.05) is 24.2 Å². The number of anilines is 2. The molecule has 0 saturated heterocycles. The van der Waals surface area contributed by atoms with E-state index in [0.717, 1.165) is 4.68 Å². The first kappa shape index (κ1) is 25.0. The Balaban J connectivity index is 1.63. The molecular weight excluding hydrogens is 481 g/mol. The van der Waals surface area contributed by atoms with Crippen molar-refractivity contribution in [3.05, 3.63) is 53.7 Å². The molecule has 0 bridgehead atoms. The van der Waals surface area contributed by atoms with E-state index in [1.54, 1.807) is 30.3 Å². The maximum atomic E-state index is 14.0. The van der Waals surface area contributed by atoms with Crippen molar-refractivity contribution in [2.45, 2.75) is 24.7 Å². The van der Waals surface area contributed by atoms with Gasteiger partial charge in [0.1, 0.15) is 5.82 Å². The third-order valence-electron chi connectivity index (χ3n) is 5.87. The number of alkyl halides is 3. The van der Waals surface area contributed by atoms with Crippen LogP contribution in [0.4, 0.5) is 24.7 Å². The van der Waals surface area contributed by atoms with E-state index in [1.165, 1.54) is 40.6 Å². The zero-order chi connectivity index (χ0) is 26.0. The molecule has 3 aromatic rings. The monoisotopic (exact) mass is 506 g/mol. The van der Waals surface area contributed by atoms with Crippen molar-refractivity contribution in [1.82, 2.24) is 9.78 Å². The van der Waals surface area contributed by atoms with E-state index >= 15 is 0 Å². The topological polar surface area (TPSA) is 95.9 Å². The summed E-state index contributed by atoms with van der Waals surface area (Å²) in [4.78, 5) is 12.8. The number of ether oxygens (including phenoxy) is 4. The molecule has 9 nitrogen and oxygen atoms in total. The molecule has 2 atom stereocenters. The molecule has 0 unspecified atom stereocenters. The Morgan fingerprint density at radius 2 is 1.56 bits per heavy atom. The fourth-order valence-corrected chi connectivity index (χ4v) is 4.08. The van der Waals surface area contributed by atoms with Gasteiger partial charge in [0.15, 0.2) is 34.7 Å². The van der Waals surface area contributed by atoms with Gasteiger partial charge < -0.3 is 29.6 Å². The van der Waals surface area contributed by atoms with Gasteiger partial charge in [0.2, 0.25) is 0 Å². The highest BCUT2D eigenvalue weighted by atomic mass is 19.4. The maximum Gasteiger partial charge on any atom is 0.410 e. The van der Waals surface area contributed by atoms with E-state index in [-0.39, 0.29) is 17.9 Å². The third-order valence-corrected chi connectivity index (χ3v) is 5.87. The molecule has 36 heavy (non-hydrogen) atoms. The van der Waals surface area contributed by atoms with Crippen LogP contribution < -0.4 is 29.6 Å². The molecule has 0 radical (unpaired) electrons. The van der Waals surface area contributed by atoms with E-state index < -0.39 is 24.2 Å². The molecule has 0 saturated carbocycles. The van der Waals surface area contributed by atoms with Crippen molar-refractivity contribution in [3.63, 3.8) is 0 Å². The quantitative estimate of drug-likeness (QED) is 0.474. The van der Waals surface area contributed by atoms with Crippen molar-refractivity contribution < 1.29 is 36.9 Å². The number of halogens is 3. The van der Waals surface area contributed by atoms with E-state index in [1.807, 2.05) is 0 Å². The summed E-state index contributed by atoms with van der Waals surface area (Å²) in [5.74, 6) is 1.11. The minimum absolute atomic E-state index is 0.0702. The summed E-state index contributed by atoms with van der Waals surface area (Å²) >= 11 is 0. The van der Waals surface area contributed by atoms with Crippen LogP contribution in [0.2, 0.25) is 0 Å². The average molecular weight is 506 g/mol. The second kappa shape index (κ2) is 9.88. The lowest BCUT2D eigenvalue weighted by molar-refractivity contribution is -0.173. The lowest BCUT2D eigenvalue weighted by atomic mass is 9.96. The fraction of sp³-hybridized carbons (Fsp3) is 0.333. The van der Waals surface area contributed by atoms with Crippen LogP contribution in [0.15, 0.2) is 42.5 Å². The molecule has 12 heteroatoms. The summed E-state index contributed by atoms with van der Waals surface area (Å²) in [7, 11) is 5.85. The van der Waals surface area contributed by atoms with Gasteiger partial charge in [-0.05, 0) is 29.8 Å². The summed E-state index contributed by atoms with van der Waals surface area (Å²) in [6.07, 6.45) is -4.92. The number of nitrogens with one attached hydrogen (secondary N) is 2. The molecule has 1 aliphatic heterocycles. The van der Waals surface area contributed by atoms with Crippen LogP contribution in [0.1, 0.15) is 34.6 Å². The maximum absolute atomic E-state index is 14.0. The summed E-state index contributed by atoms with van der Waals surface area (Å²) in [5, 5.41) is 9.67. The minimum Gasteiger partial charge on any atom is -0.493 e. The SMILES string of the molecule is COc1ccc(NC(=O)c2cc3n(n2)[C@H](C(F)(F)F)C[C@@H](c2ccc(OC)c(OC)c2)N3)cc1OC. The minimum atomic E-state index is -4.59. The highest BCUT2D eigenvalue weighted by Gasteiger charge is 2.47. The van der Waals surface area contributed by atoms with Crippen molar-refractivity contribution in [1.29, 1.82) is 0 Å². The molecule has 0 aliphatic carbocycles. The number of methoxy groups -OCH3 is 4. The van der Waals surface area contributed by atoms with Crippen molar-refractivity contribution in [2.75, 3.05) is 39.1 Å². The molecule has 1 aromatic heterocycles. The van der Waals surface area contributed by atoms with Gasteiger partial charge in [-0.15, -0.1) is 0 Å². The number of benzene rings is 2.